The highest BCUT2D eigenvalue weighted by Gasteiger charge is 2.03. The predicted octanol–water partition coefficient (Wildman–Crippen LogP) is 2.65. The SMILES string of the molecule is C[C@H](N)c1ccnc(Sc2ccncc2)c1. The van der Waals surface area contributed by atoms with Crippen LogP contribution in [0.5, 0.6) is 0 Å². The largest absolute Gasteiger partial charge is 0.324 e. The first kappa shape index (κ1) is 11.1. The smallest absolute Gasteiger partial charge is 0.101 e. The highest BCUT2D eigenvalue weighted by molar-refractivity contribution is 7.99. The molecule has 2 N–H and O–H groups in total. The second kappa shape index (κ2) is 5.09. The monoisotopic (exact) mass is 231 g/mol. The molecule has 2 rings (SSSR count). The van der Waals surface area contributed by atoms with Crippen LogP contribution >= 0.6 is 11.8 Å². The fraction of sp³-hybridized carbons (Fsp3) is 0.167. The van der Waals surface area contributed by atoms with Crippen molar-refractivity contribution in [1.29, 1.82) is 0 Å². The molecule has 4 heteroatoms. The minimum Gasteiger partial charge on any atom is -0.324 e. The number of hydrogen-bond acceptors (Lipinski definition) is 4. The number of nitrogens with zero attached hydrogens (tertiary/aromatic N) is 2. The van der Waals surface area contributed by atoms with Crippen molar-refractivity contribution >= 4 is 11.8 Å². The first-order valence-corrected chi connectivity index (χ1v) is 5.87. The van der Waals surface area contributed by atoms with E-state index in [1.807, 2.05) is 31.2 Å². The molecule has 0 aromatic carbocycles. The van der Waals surface area contributed by atoms with E-state index in [1.165, 1.54) is 0 Å². The third-order valence-electron chi connectivity index (χ3n) is 2.16. The summed E-state index contributed by atoms with van der Waals surface area (Å²) in [5, 5.41) is 0.959. The summed E-state index contributed by atoms with van der Waals surface area (Å²) in [6.45, 7) is 1.97. The normalized spacial score (nSPS) is 12.4. The molecule has 82 valence electrons. The van der Waals surface area contributed by atoms with Crippen LogP contribution in [0.2, 0.25) is 0 Å². The van der Waals surface area contributed by atoms with Gasteiger partial charge in [0.25, 0.3) is 0 Å². The van der Waals surface area contributed by atoms with E-state index in [2.05, 4.69) is 9.97 Å². The Morgan fingerprint density at radius 2 is 1.94 bits per heavy atom. The summed E-state index contributed by atoms with van der Waals surface area (Å²) in [5.74, 6) is 0. The minimum absolute atomic E-state index is 0.0415. The number of aromatic nitrogens is 2. The van der Waals surface area contributed by atoms with Crippen molar-refractivity contribution in [2.24, 2.45) is 5.73 Å². The third-order valence-corrected chi connectivity index (χ3v) is 3.10. The number of nitrogens with two attached hydrogens (primary N) is 1. The lowest BCUT2D eigenvalue weighted by Gasteiger charge is -2.06. The molecule has 0 saturated carbocycles. The van der Waals surface area contributed by atoms with Gasteiger partial charge in [-0.3, -0.25) is 4.98 Å². The van der Waals surface area contributed by atoms with Crippen LogP contribution in [0.3, 0.4) is 0 Å². The van der Waals surface area contributed by atoms with Gasteiger partial charge in [-0.05, 0) is 36.8 Å². The van der Waals surface area contributed by atoms with Crippen molar-refractivity contribution in [1.82, 2.24) is 9.97 Å². The molecule has 16 heavy (non-hydrogen) atoms. The van der Waals surface area contributed by atoms with E-state index in [9.17, 15) is 0 Å². The molecule has 2 aromatic rings. The standard InChI is InChI=1S/C12H13N3S/c1-9(13)10-2-7-15-12(8-10)16-11-3-5-14-6-4-11/h2-9H,13H2,1H3/t9-/m0/s1. The Kier molecular flexibility index (Phi) is 3.54. The average molecular weight is 231 g/mol. The van der Waals surface area contributed by atoms with Gasteiger partial charge < -0.3 is 5.73 Å². The number of pyridine rings is 2. The number of hydrogen-bond donors (Lipinski definition) is 1. The van der Waals surface area contributed by atoms with Crippen LogP contribution < -0.4 is 5.73 Å². The molecule has 0 aliphatic carbocycles. The fourth-order valence-electron chi connectivity index (χ4n) is 1.29. The maximum atomic E-state index is 5.83. The third kappa shape index (κ3) is 2.81. The lowest BCUT2D eigenvalue weighted by atomic mass is 10.1. The van der Waals surface area contributed by atoms with Crippen molar-refractivity contribution in [3.63, 3.8) is 0 Å². The van der Waals surface area contributed by atoms with Gasteiger partial charge in [-0.2, -0.15) is 0 Å². The van der Waals surface area contributed by atoms with Crippen LogP contribution in [-0.4, -0.2) is 9.97 Å². The Morgan fingerprint density at radius 3 is 2.62 bits per heavy atom. The summed E-state index contributed by atoms with van der Waals surface area (Å²) < 4.78 is 0. The zero-order valence-electron chi connectivity index (χ0n) is 9.00. The zero-order valence-corrected chi connectivity index (χ0v) is 9.82. The second-order valence-electron chi connectivity index (χ2n) is 3.50. The van der Waals surface area contributed by atoms with Gasteiger partial charge in [-0.15, -0.1) is 0 Å². The van der Waals surface area contributed by atoms with Crippen LogP contribution in [0.4, 0.5) is 0 Å². The van der Waals surface area contributed by atoms with Crippen LogP contribution in [0.15, 0.2) is 52.8 Å². The highest BCUT2D eigenvalue weighted by atomic mass is 32.2. The van der Waals surface area contributed by atoms with Crippen molar-refractivity contribution in [3.8, 4) is 0 Å². The van der Waals surface area contributed by atoms with Gasteiger partial charge >= 0.3 is 0 Å². The van der Waals surface area contributed by atoms with Crippen molar-refractivity contribution in [3.05, 3.63) is 48.4 Å². The molecule has 0 saturated heterocycles. The summed E-state index contributed by atoms with van der Waals surface area (Å²) in [6.07, 6.45) is 5.34. The van der Waals surface area contributed by atoms with Crippen LogP contribution in [-0.2, 0) is 0 Å². The molecule has 1 atom stereocenters. The lowest BCUT2D eigenvalue weighted by molar-refractivity contribution is 0.808. The van der Waals surface area contributed by atoms with Gasteiger partial charge in [-0.1, -0.05) is 11.8 Å². The summed E-state index contributed by atoms with van der Waals surface area (Å²) in [5.41, 5.74) is 6.93. The average Bonchev–Trinajstić information content (AvgIpc) is 2.30. The molecule has 3 nitrogen and oxygen atoms in total. The van der Waals surface area contributed by atoms with Gasteiger partial charge in [0.1, 0.15) is 5.03 Å². The Balaban J connectivity index is 2.19. The quantitative estimate of drug-likeness (QED) is 0.882. The maximum Gasteiger partial charge on any atom is 0.101 e. The Morgan fingerprint density at radius 1 is 1.19 bits per heavy atom. The van der Waals surface area contributed by atoms with Gasteiger partial charge in [0.2, 0.25) is 0 Å². The minimum atomic E-state index is 0.0415. The van der Waals surface area contributed by atoms with Gasteiger partial charge in [0.05, 0.1) is 0 Å². The van der Waals surface area contributed by atoms with E-state index in [1.54, 1.807) is 30.4 Å². The first-order chi connectivity index (χ1) is 7.75. The van der Waals surface area contributed by atoms with E-state index >= 15 is 0 Å². The highest BCUT2D eigenvalue weighted by Crippen LogP contribution is 2.26. The molecule has 0 aliphatic rings. The zero-order chi connectivity index (χ0) is 11.4. The van der Waals surface area contributed by atoms with Crippen molar-refractivity contribution < 1.29 is 0 Å². The fourth-order valence-corrected chi connectivity index (χ4v) is 2.10. The van der Waals surface area contributed by atoms with Crippen molar-refractivity contribution in [2.45, 2.75) is 22.9 Å². The lowest BCUT2D eigenvalue weighted by Crippen LogP contribution is -2.04. The summed E-state index contributed by atoms with van der Waals surface area (Å²) in [7, 11) is 0. The molecule has 0 spiro atoms. The van der Waals surface area contributed by atoms with E-state index in [4.69, 9.17) is 5.73 Å². The molecular weight excluding hydrogens is 218 g/mol. The van der Waals surface area contributed by atoms with Crippen LogP contribution in [0.25, 0.3) is 0 Å². The number of rotatable bonds is 3. The van der Waals surface area contributed by atoms with Crippen LogP contribution in [0, 0.1) is 0 Å². The van der Waals surface area contributed by atoms with Gasteiger partial charge in [-0.25, -0.2) is 4.98 Å². The predicted molar refractivity (Wildman–Crippen MR) is 65.2 cm³/mol. The molecular formula is C12H13N3S. The van der Waals surface area contributed by atoms with E-state index in [-0.39, 0.29) is 6.04 Å². The Bertz CT molecular complexity index is 457. The first-order valence-electron chi connectivity index (χ1n) is 5.05. The molecule has 2 aromatic heterocycles. The molecule has 0 unspecified atom stereocenters. The molecule has 0 radical (unpaired) electrons. The van der Waals surface area contributed by atoms with Gasteiger partial charge in [0.15, 0.2) is 0 Å². The summed E-state index contributed by atoms with van der Waals surface area (Å²) in [6, 6.07) is 7.94. The van der Waals surface area contributed by atoms with Gasteiger partial charge in [0, 0.05) is 29.5 Å². The molecule has 2 heterocycles. The molecule has 0 bridgehead atoms. The summed E-state index contributed by atoms with van der Waals surface area (Å²) >= 11 is 1.61. The molecule has 0 aliphatic heterocycles. The van der Waals surface area contributed by atoms with Crippen molar-refractivity contribution in [2.75, 3.05) is 0 Å². The second-order valence-corrected chi connectivity index (χ2v) is 4.59. The summed E-state index contributed by atoms with van der Waals surface area (Å²) in [4.78, 5) is 9.41. The van der Waals surface area contributed by atoms with E-state index < -0.39 is 0 Å². The molecule has 0 fully saturated rings. The van der Waals surface area contributed by atoms with E-state index in [0.29, 0.717) is 0 Å². The van der Waals surface area contributed by atoms with E-state index in [0.717, 1.165) is 15.5 Å². The maximum absolute atomic E-state index is 5.83. The molecule has 0 amide bonds. The Hall–Kier alpha value is -1.39. The Labute approximate surface area is 99.1 Å². The topological polar surface area (TPSA) is 51.8 Å². The van der Waals surface area contributed by atoms with Crippen LogP contribution in [0.1, 0.15) is 18.5 Å².